The third-order valence-electron chi connectivity index (χ3n) is 7.24. The molecule has 0 aliphatic carbocycles. The quantitative estimate of drug-likeness (QED) is 0.391. The highest BCUT2D eigenvalue weighted by atomic mass is 35.5. The number of piperidine rings is 1. The van der Waals surface area contributed by atoms with Gasteiger partial charge in [0, 0.05) is 17.1 Å². The molecule has 2 atom stereocenters. The highest BCUT2D eigenvalue weighted by molar-refractivity contribution is 6.31. The van der Waals surface area contributed by atoms with Gasteiger partial charge in [0.1, 0.15) is 30.7 Å². The minimum absolute atomic E-state index is 0.0238. The Kier molecular flexibility index (Phi) is 7.62. The van der Waals surface area contributed by atoms with Crippen LogP contribution in [0, 0.1) is 11.7 Å². The third-order valence-corrected chi connectivity index (χ3v) is 7.53. The van der Waals surface area contributed by atoms with Gasteiger partial charge in [-0.05, 0) is 62.5 Å². The number of fused-ring (bicyclic) bond motifs is 1. The number of nitrogens with zero attached hydrogens (tertiary/aromatic N) is 3. The van der Waals surface area contributed by atoms with Crippen molar-refractivity contribution in [3.05, 3.63) is 47.5 Å². The Balaban J connectivity index is 1.32. The summed E-state index contributed by atoms with van der Waals surface area (Å²) in [4.78, 5) is 22.7. The molecular formula is C27H30ClFN4O4. The Morgan fingerprint density at radius 3 is 2.70 bits per heavy atom. The van der Waals surface area contributed by atoms with E-state index in [1.807, 2.05) is 12.1 Å². The number of halogens is 2. The zero-order chi connectivity index (χ0) is 25.9. The fourth-order valence-corrected chi connectivity index (χ4v) is 5.37. The van der Waals surface area contributed by atoms with Crippen molar-refractivity contribution in [3.63, 3.8) is 0 Å². The topological polar surface area (TPSA) is 85.8 Å². The molecule has 3 heterocycles. The number of ether oxygens (including phenoxy) is 3. The highest BCUT2D eigenvalue weighted by Gasteiger charge is 2.34. The van der Waals surface area contributed by atoms with E-state index < -0.39 is 5.82 Å². The second kappa shape index (κ2) is 11.1. The molecule has 1 N–H and O–H groups in total. The molecule has 2 saturated heterocycles. The van der Waals surface area contributed by atoms with Gasteiger partial charge in [0.15, 0.2) is 11.5 Å². The van der Waals surface area contributed by atoms with Gasteiger partial charge in [0.2, 0.25) is 0 Å². The first-order valence-corrected chi connectivity index (χ1v) is 12.9. The van der Waals surface area contributed by atoms with E-state index in [0.29, 0.717) is 47.5 Å². The highest BCUT2D eigenvalue weighted by Crippen LogP contribution is 2.37. The number of cyclic esters (lactones) is 1. The van der Waals surface area contributed by atoms with Crippen LogP contribution in [0.15, 0.2) is 36.7 Å². The van der Waals surface area contributed by atoms with E-state index >= 15 is 0 Å². The lowest BCUT2D eigenvalue weighted by atomic mass is 9.89. The van der Waals surface area contributed by atoms with Crippen LogP contribution in [0.25, 0.3) is 10.9 Å². The molecule has 10 heteroatoms. The summed E-state index contributed by atoms with van der Waals surface area (Å²) in [5.41, 5.74) is 1.30. The molecule has 0 spiro atoms. The van der Waals surface area contributed by atoms with E-state index in [4.69, 9.17) is 25.8 Å². The molecule has 0 amide bonds. The Labute approximate surface area is 220 Å². The first-order valence-electron chi connectivity index (χ1n) is 12.6. The van der Waals surface area contributed by atoms with E-state index in [0.717, 1.165) is 37.7 Å². The number of nitrogens with one attached hydrogen (secondary N) is 1. The summed E-state index contributed by atoms with van der Waals surface area (Å²) in [6, 6.07) is 8.33. The molecule has 2 aliphatic rings. The molecule has 0 saturated carbocycles. The van der Waals surface area contributed by atoms with Gasteiger partial charge < -0.3 is 19.5 Å². The van der Waals surface area contributed by atoms with Crippen molar-refractivity contribution in [2.45, 2.75) is 44.8 Å². The maximum Gasteiger partial charge on any atom is 0.307 e. The van der Waals surface area contributed by atoms with Crippen molar-refractivity contribution in [2.24, 2.45) is 5.92 Å². The summed E-state index contributed by atoms with van der Waals surface area (Å²) < 4.78 is 30.9. The van der Waals surface area contributed by atoms with Gasteiger partial charge in [0.05, 0.1) is 30.1 Å². The summed E-state index contributed by atoms with van der Waals surface area (Å²) in [5, 5.41) is 3.95. The zero-order valence-corrected chi connectivity index (χ0v) is 21.6. The Morgan fingerprint density at radius 2 is 2.03 bits per heavy atom. The number of rotatable bonds is 8. The number of anilines is 2. The number of benzene rings is 2. The van der Waals surface area contributed by atoms with Crippen molar-refractivity contribution in [2.75, 3.05) is 32.1 Å². The Morgan fingerprint density at radius 1 is 1.22 bits per heavy atom. The molecule has 37 heavy (non-hydrogen) atoms. The molecule has 0 radical (unpaired) electrons. The van der Waals surface area contributed by atoms with Crippen molar-refractivity contribution in [1.29, 1.82) is 0 Å². The minimum Gasteiger partial charge on any atom is -0.493 e. The van der Waals surface area contributed by atoms with Crippen molar-refractivity contribution in [1.82, 2.24) is 14.9 Å². The predicted molar refractivity (Wildman–Crippen MR) is 139 cm³/mol. The van der Waals surface area contributed by atoms with Crippen LogP contribution in [0.3, 0.4) is 0 Å². The zero-order valence-electron chi connectivity index (χ0n) is 20.9. The lowest BCUT2D eigenvalue weighted by Crippen LogP contribution is -2.44. The number of carbonyl (C=O) groups is 1. The number of carbonyl (C=O) groups excluding carboxylic acids is 1. The SMILES string of the molecule is CCC(Oc1cc2ncnc(Nc3ccc(F)c(Cl)c3)c2cc1OC)C1CCN(C2COC(=O)C2)CC1. The summed E-state index contributed by atoms with van der Waals surface area (Å²) in [5.74, 6) is 1.57. The molecular weight excluding hydrogens is 499 g/mol. The lowest BCUT2D eigenvalue weighted by molar-refractivity contribution is -0.137. The van der Waals surface area contributed by atoms with Gasteiger partial charge >= 0.3 is 5.97 Å². The number of hydrogen-bond donors (Lipinski definition) is 1. The van der Waals surface area contributed by atoms with Crippen LogP contribution in [0.1, 0.15) is 32.6 Å². The van der Waals surface area contributed by atoms with Gasteiger partial charge in [-0.25, -0.2) is 14.4 Å². The van der Waals surface area contributed by atoms with Crippen molar-refractivity contribution in [3.8, 4) is 11.5 Å². The summed E-state index contributed by atoms with van der Waals surface area (Å²) in [6.45, 7) is 4.48. The molecule has 2 aliphatic heterocycles. The fraction of sp³-hybridized carbons (Fsp3) is 0.444. The normalized spacial score (nSPS) is 19.6. The number of likely N-dealkylation sites (tertiary alicyclic amines) is 1. The molecule has 8 nitrogen and oxygen atoms in total. The van der Waals surface area contributed by atoms with Crippen LogP contribution >= 0.6 is 11.6 Å². The summed E-state index contributed by atoms with van der Waals surface area (Å²) >= 11 is 5.93. The Hall–Kier alpha value is -3.17. The molecule has 2 aromatic carbocycles. The molecule has 5 rings (SSSR count). The van der Waals surface area contributed by atoms with Crippen LogP contribution in [0.5, 0.6) is 11.5 Å². The van der Waals surface area contributed by atoms with Crippen molar-refractivity contribution >= 4 is 40.0 Å². The second-order valence-corrected chi connectivity index (χ2v) is 9.88. The molecule has 1 aromatic heterocycles. The van der Waals surface area contributed by atoms with Crippen LogP contribution < -0.4 is 14.8 Å². The van der Waals surface area contributed by atoms with Gasteiger partial charge in [-0.15, -0.1) is 0 Å². The molecule has 2 unspecified atom stereocenters. The van der Waals surface area contributed by atoms with E-state index in [2.05, 4.69) is 27.1 Å². The fourth-order valence-electron chi connectivity index (χ4n) is 5.19. The van der Waals surface area contributed by atoms with Crippen LogP contribution in [0.4, 0.5) is 15.9 Å². The maximum atomic E-state index is 13.6. The van der Waals surface area contributed by atoms with Gasteiger partial charge in [-0.3, -0.25) is 9.69 Å². The van der Waals surface area contributed by atoms with Crippen LogP contribution in [-0.4, -0.2) is 59.8 Å². The number of esters is 1. The average Bonchev–Trinajstić information content (AvgIpc) is 3.35. The maximum absolute atomic E-state index is 13.6. The number of methoxy groups -OCH3 is 1. The molecule has 3 aromatic rings. The van der Waals surface area contributed by atoms with E-state index in [-0.39, 0.29) is 23.1 Å². The van der Waals surface area contributed by atoms with Crippen LogP contribution in [-0.2, 0) is 9.53 Å². The first kappa shape index (κ1) is 25.5. The van der Waals surface area contributed by atoms with Crippen LogP contribution in [0.2, 0.25) is 5.02 Å². The van der Waals surface area contributed by atoms with E-state index in [9.17, 15) is 9.18 Å². The summed E-state index contributed by atoms with van der Waals surface area (Å²) in [6.07, 6.45) is 4.83. The van der Waals surface area contributed by atoms with Crippen molar-refractivity contribution < 1.29 is 23.4 Å². The standard InChI is InChI=1S/C27H30ClFN4O4/c1-3-23(16-6-8-33(9-7-16)18-11-26(34)36-14-18)37-25-13-22-19(12-24(25)35-2)27(31-15-30-22)32-17-4-5-21(29)20(28)10-17/h4-5,10,12-13,15-16,18,23H,3,6-9,11,14H2,1-2H3,(H,30,31,32). The van der Waals surface area contributed by atoms with Gasteiger partial charge in [0.25, 0.3) is 0 Å². The number of aromatic nitrogens is 2. The second-order valence-electron chi connectivity index (χ2n) is 9.48. The molecule has 2 fully saturated rings. The largest absolute Gasteiger partial charge is 0.493 e. The smallest absolute Gasteiger partial charge is 0.307 e. The first-order chi connectivity index (χ1) is 17.9. The third kappa shape index (κ3) is 5.57. The summed E-state index contributed by atoms with van der Waals surface area (Å²) in [7, 11) is 1.61. The predicted octanol–water partition coefficient (Wildman–Crippen LogP) is 5.36. The number of hydrogen-bond acceptors (Lipinski definition) is 8. The lowest BCUT2D eigenvalue weighted by Gasteiger charge is -2.38. The minimum atomic E-state index is -0.484. The molecule has 196 valence electrons. The van der Waals surface area contributed by atoms with E-state index in [1.165, 1.54) is 18.5 Å². The molecule has 0 bridgehead atoms. The van der Waals surface area contributed by atoms with Gasteiger partial charge in [-0.2, -0.15) is 0 Å². The Bertz CT molecular complexity index is 1280. The van der Waals surface area contributed by atoms with E-state index in [1.54, 1.807) is 13.2 Å². The van der Waals surface area contributed by atoms with Gasteiger partial charge in [-0.1, -0.05) is 18.5 Å². The monoisotopic (exact) mass is 528 g/mol. The average molecular weight is 529 g/mol.